The summed E-state index contributed by atoms with van der Waals surface area (Å²) in [6.45, 7) is 0. The first-order valence-corrected chi connectivity index (χ1v) is 4.95. The van der Waals surface area contributed by atoms with Gasteiger partial charge in [-0.2, -0.15) is 13.2 Å². The number of nitrogens with zero attached hydrogens (tertiary/aromatic N) is 2. The van der Waals surface area contributed by atoms with Crippen molar-refractivity contribution in [1.82, 2.24) is 9.59 Å². The summed E-state index contributed by atoms with van der Waals surface area (Å²) in [4.78, 5) is -0.835. The number of hydrogen-bond donors (Lipinski definition) is 1. The fourth-order valence-corrected chi connectivity index (χ4v) is 1.74. The first-order valence-electron chi connectivity index (χ1n) is 4.17. The molecule has 1 N–H and O–H groups in total. The SMILES string of the molecule is Oc1ccc(-c2nnsc2C(F)(F)F)cc1. The molecule has 16 heavy (non-hydrogen) atoms. The van der Waals surface area contributed by atoms with Crippen LogP contribution in [0.25, 0.3) is 11.3 Å². The molecular formula is C9H5F3N2OS. The minimum absolute atomic E-state index is 0.0134. The summed E-state index contributed by atoms with van der Waals surface area (Å²) in [5.41, 5.74) is 0.0661. The number of phenols is 1. The van der Waals surface area contributed by atoms with Crippen molar-refractivity contribution < 1.29 is 18.3 Å². The fraction of sp³-hybridized carbons (Fsp3) is 0.111. The molecule has 0 saturated heterocycles. The maximum absolute atomic E-state index is 12.5. The van der Waals surface area contributed by atoms with Gasteiger partial charge in [-0.3, -0.25) is 0 Å². The van der Waals surface area contributed by atoms with Crippen LogP contribution in [-0.4, -0.2) is 14.7 Å². The highest BCUT2D eigenvalue weighted by Crippen LogP contribution is 2.38. The Morgan fingerprint density at radius 3 is 2.31 bits per heavy atom. The van der Waals surface area contributed by atoms with E-state index in [0.717, 1.165) is 0 Å². The van der Waals surface area contributed by atoms with Gasteiger partial charge in [0.05, 0.1) is 0 Å². The minimum atomic E-state index is -4.46. The van der Waals surface area contributed by atoms with Crippen molar-refractivity contribution >= 4 is 11.5 Å². The average molecular weight is 246 g/mol. The summed E-state index contributed by atoms with van der Waals surface area (Å²) in [6.07, 6.45) is -4.46. The average Bonchev–Trinajstić information content (AvgIpc) is 2.66. The summed E-state index contributed by atoms with van der Waals surface area (Å²) < 4.78 is 40.9. The fourth-order valence-electron chi connectivity index (χ4n) is 1.18. The molecule has 0 amide bonds. The molecule has 0 aliphatic heterocycles. The van der Waals surface area contributed by atoms with Gasteiger partial charge in [-0.15, -0.1) is 5.10 Å². The van der Waals surface area contributed by atoms with Crippen LogP contribution in [0.2, 0.25) is 0 Å². The molecule has 0 fully saturated rings. The van der Waals surface area contributed by atoms with E-state index < -0.39 is 11.1 Å². The van der Waals surface area contributed by atoms with Crippen LogP contribution >= 0.6 is 11.5 Å². The van der Waals surface area contributed by atoms with E-state index in [1.54, 1.807) is 0 Å². The molecule has 3 nitrogen and oxygen atoms in total. The molecule has 0 saturated carbocycles. The van der Waals surface area contributed by atoms with Gasteiger partial charge in [0.2, 0.25) is 0 Å². The maximum atomic E-state index is 12.5. The van der Waals surface area contributed by atoms with E-state index in [2.05, 4.69) is 9.59 Å². The number of rotatable bonds is 1. The molecule has 2 rings (SSSR count). The third-order valence-corrected chi connectivity index (χ3v) is 2.66. The smallest absolute Gasteiger partial charge is 0.429 e. The van der Waals surface area contributed by atoms with Crippen LogP contribution in [0.5, 0.6) is 5.75 Å². The van der Waals surface area contributed by atoms with Crippen LogP contribution in [0.15, 0.2) is 24.3 Å². The zero-order valence-corrected chi connectivity index (χ0v) is 8.51. The molecular weight excluding hydrogens is 241 g/mol. The second-order valence-corrected chi connectivity index (χ2v) is 3.75. The van der Waals surface area contributed by atoms with E-state index >= 15 is 0 Å². The number of benzene rings is 1. The zero-order chi connectivity index (χ0) is 11.8. The molecule has 84 valence electrons. The van der Waals surface area contributed by atoms with E-state index in [0.29, 0.717) is 11.5 Å². The van der Waals surface area contributed by atoms with Crippen LogP contribution in [0.1, 0.15) is 4.88 Å². The molecule has 0 radical (unpaired) electrons. The number of aromatic hydroxyl groups is 1. The van der Waals surface area contributed by atoms with Gasteiger partial charge in [0.15, 0.2) is 4.88 Å². The van der Waals surface area contributed by atoms with Gasteiger partial charge >= 0.3 is 6.18 Å². The maximum Gasteiger partial charge on any atom is 0.429 e. The number of hydrogen-bond acceptors (Lipinski definition) is 4. The Bertz CT molecular complexity index is 492. The second-order valence-electron chi connectivity index (χ2n) is 3.00. The van der Waals surface area contributed by atoms with Crippen LogP contribution in [-0.2, 0) is 6.18 Å². The van der Waals surface area contributed by atoms with Gasteiger partial charge in [-0.25, -0.2) is 0 Å². The highest BCUT2D eigenvalue weighted by atomic mass is 32.1. The standard InChI is InChI=1S/C9H5F3N2OS/c10-9(11,12)8-7(13-14-16-8)5-1-3-6(15)4-2-5/h1-4,15H. The molecule has 0 atom stereocenters. The Morgan fingerprint density at radius 2 is 1.75 bits per heavy atom. The Kier molecular flexibility index (Phi) is 2.55. The summed E-state index contributed by atoms with van der Waals surface area (Å²) in [6, 6.07) is 5.33. The van der Waals surface area contributed by atoms with E-state index in [-0.39, 0.29) is 17.0 Å². The largest absolute Gasteiger partial charge is 0.508 e. The Labute approximate surface area is 92.3 Å². The lowest BCUT2D eigenvalue weighted by Crippen LogP contribution is -2.03. The van der Waals surface area contributed by atoms with Gasteiger partial charge in [-0.1, -0.05) is 4.49 Å². The van der Waals surface area contributed by atoms with Gasteiger partial charge in [-0.05, 0) is 35.8 Å². The Hall–Kier alpha value is -1.63. The number of alkyl halides is 3. The topological polar surface area (TPSA) is 46.0 Å². The highest BCUT2D eigenvalue weighted by Gasteiger charge is 2.37. The van der Waals surface area contributed by atoms with Crippen molar-refractivity contribution in [2.24, 2.45) is 0 Å². The van der Waals surface area contributed by atoms with Crippen molar-refractivity contribution in [3.05, 3.63) is 29.1 Å². The first kappa shape index (κ1) is 10.9. The summed E-state index contributed by atoms with van der Waals surface area (Å²) >= 11 is 0.307. The Balaban J connectivity index is 2.49. The predicted octanol–water partition coefficient (Wildman–Crippen LogP) is 2.93. The summed E-state index contributed by atoms with van der Waals surface area (Å²) in [7, 11) is 0. The lowest BCUT2D eigenvalue weighted by molar-refractivity contribution is -0.134. The minimum Gasteiger partial charge on any atom is -0.508 e. The predicted molar refractivity (Wildman–Crippen MR) is 52.0 cm³/mol. The number of aromatic nitrogens is 2. The lowest BCUT2D eigenvalue weighted by Gasteiger charge is -2.04. The second kappa shape index (κ2) is 3.75. The normalized spacial score (nSPS) is 11.7. The molecule has 0 aliphatic carbocycles. The lowest BCUT2D eigenvalue weighted by atomic mass is 10.1. The van der Waals surface area contributed by atoms with Crippen molar-refractivity contribution in [3.8, 4) is 17.0 Å². The molecule has 0 bridgehead atoms. The summed E-state index contributed by atoms with van der Waals surface area (Å²) in [5.74, 6) is -0.0134. The molecule has 0 unspecified atom stereocenters. The molecule has 2 aromatic rings. The van der Waals surface area contributed by atoms with Crippen LogP contribution in [0.3, 0.4) is 0 Å². The third kappa shape index (κ3) is 1.99. The molecule has 0 spiro atoms. The van der Waals surface area contributed by atoms with Gasteiger partial charge < -0.3 is 5.11 Å². The van der Waals surface area contributed by atoms with E-state index in [4.69, 9.17) is 5.11 Å². The van der Waals surface area contributed by atoms with Gasteiger partial charge in [0, 0.05) is 5.56 Å². The first-order chi connectivity index (χ1) is 7.48. The summed E-state index contributed by atoms with van der Waals surface area (Å²) in [5, 5.41) is 12.5. The van der Waals surface area contributed by atoms with E-state index in [1.165, 1.54) is 24.3 Å². The van der Waals surface area contributed by atoms with E-state index in [1.807, 2.05) is 0 Å². The molecule has 0 aliphatic rings. The van der Waals surface area contributed by atoms with Crippen LogP contribution < -0.4 is 0 Å². The monoisotopic (exact) mass is 246 g/mol. The van der Waals surface area contributed by atoms with Crippen LogP contribution in [0, 0.1) is 0 Å². The highest BCUT2D eigenvalue weighted by molar-refractivity contribution is 7.06. The van der Waals surface area contributed by atoms with Crippen LogP contribution in [0.4, 0.5) is 13.2 Å². The number of halogens is 3. The Morgan fingerprint density at radius 1 is 1.12 bits per heavy atom. The van der Waals surface area contributed by atoms with Crippen molar-refractivity contribution in [3.63, 3.8) is 0 Å². The van der Waals surface area contributed by atoms with Crippen molar-refractivity contribution in [2.45, 2.75) is 6.18 Å². The van der Waals surface area contributed by atoms with Crippen molar-refractivity contribution in [2.75, 3.05) is 0 Å². The third-order valence-electron chi connectivity index (χ3n) is 1.89. The molecule has 1 heterocycles. The van der Waals surface area contributed by atoms with Gasteiger partial charge in [0.1, 0.15) is 11.4 Å². The zero-order valence-electron chi connectivity index (χ0n) is 7.69. The van der Waals surface area contributed by atoms with Crippen molar-refractivity contribution in [1.29, 1.82) is 0 Å². The van der Waals surface area contributed by atoms with Gasteiger partial charge in [0.25, 0.3) is 0 Å². The molecule has 1 aromatic heterocycles. The quantitative estimate of drug-likeness (QED) is 0.841. The molecule has 1 aromatic carbocycles. The van der Waals surface area contributed by atoms with E-state index in [9.17, 15) is 13.2 Å². The molecule has 7 heteroatoms. The number of phenolic OH excluding ortho intramolecular Hbond substituents is 1.